The summed E-state index contributed by atoms with van der Waals surface area (Å²) in [5, 5.41) is 11.8. The van der Waals surface area contributed by atoms with Crippen molar-refractivity contribution in [3.8, 4) is 0 Å². The fourth-order valence-corrected chi connectivity index (χ4v) is 6.32. The third kappa shape index (κ3) is 5.47. The first-order chi connectivity index (χ1) is 15.0. The lowest BCUT2D eigenvalue weighted by atomic mass is 10.1. The predicted molar refractivity (Wildman–Crippen MR) is 127 cm³/mol. The van der Waals surface area contributed by atoms with Gasteiger partial charge in [-0.3, -0.25) is 14.9 Å². The number of amides is 2. The number of aromatic nitrogens is 2. The van der Waals surface area contributed by atoms with E-state index in [4.69, 9.17) is 0 Å². The van der Waals surface area contributed by atoms with Crippen LogP contribution in [0.5, 0.6) is 0 Å². The highest BCUT2D eigenvalue weighted by Crippen LogP contribution is 2.39. The standard InChI is InChI=1S/C22H22N4O2S3/c1-14(2)30-22-25-24-21(31-22)23-19(28)16-8-10-17(11-9-16)20-26(18(27)13-29-20)12-15-6-4-3-5-7-15/h3-11,14,20H,12-13H2,1-2H3,(H,23,24,28)/t20-/m1/s1. The first kappa shape index (κ1) is 21.9. The Hall–Kier alpha value is -2.36. The predicted octanol–water partition coefficient (Wildman–Crippen LogP) is 5.07. The lowest BCUT2D eigenvalue weighted by Crippen LogP contribution is -2.27. The van der Waals surface area contributed by atoms with E-state index in [2.05, 4.69) is 29.4 Å². The molecule has 2 heterocycles. The molecular weight excluding hydrogens is 448 g/mol. The normalized spacial score (nSPS) is 16.2. The largest absolute Gasteiger partial charge is 0.322 e. The minimum atomic E-state index is -0.222. The van der Waals surface area contributed by atoms with Gasteiger partial charge >= 0.3 is 0 Å². The Morgan fingerprint density at radius 1 is 1.16 bits per heavy atom. The summed E-state index contributed by atoms with van der Waals surface area (Å²) in [7, 11) is 0. The number of carbonyl (C=O) groups excluding carboxylic acids is 2. The van der Waals surface area contributed by atoms with E-state index < -0.39 is 0 Å². The minimum absolute atomic E-state index is 0.0522. The topological polar surface area (TPSA) is 75.2 Å². The maximum Gasteiger partial charge on any atom is 0.257 e. The first-order valence-corrected chi connectivity index (χ1v) is 12.6. The molecule has 1 N–H and O–H groups in total. The van der Waals surface area contributed by atoms with Crippen LogP contribution in [0.4, 0.5) is 5.13 Å². The zero-order valence-electron chi connectivity index (χ0n) is 17.1. The zero-order valence-corrected chi connectivity index (χ0v) is 19.6. The molecule has 4 rings (SSSR count). The summed E-state index contributed by atoms with van der Waals surface area (Å²) in [6.07, 6.45) is 0. The van der Waals surface area contributed by atoms with E-state index in [0.717, 1.165) is 15.5 Å². The van der Waals surface area contributed by atoms with E-state index >= 15 is 0 Å². The molecule has 1 fully saturated rings. The van der Waals surface area contributed by atoms with Crippen LogP contribution in [0.1, 0.15) is 40.7 Å². The quantitative estimate of drug-likeness (QED) is 0.384. The van der Waals surface area contributed by atoms with Gasteiger partial charge in [-0.2, -0.15) is 0 Å². The number of hydrogen-bond acceptors (Lipinski definition) is 7. The van der Waals surface area contributed by atoms with Crippen LogP contribution in [0, 0.1) is 0 Å². The number of thioether (sulfide) groups is 2. The number of rotatable bonds is 7. The molecule has 0 radical (unpaired) electrons. The first-order valence-electron chi connectivity index (χ1n) is 9.86. The molecule has 160 valence electrons. The highest BCUT2D eigenvalue weighted by molar-refractivity contribution is 8.01. The van der Waals surface area contributed by atoms with Crippen LogP contribution < -0.4 is 5.32 Å². The molecule has 0 saturated carbocycles. The molecule has 3 aromatic rings. The number of nitrogens with one attached hydrogen (secondary N) is 1. The monoisotopic (exact) mass is 470 g/mol. The van der Waals surface area contributed by atoms with Crippen molar-refractivity contribution in [3.63, 3.8) is 0 Å². The lowest BCUT2D eigenvalue weighted by molar-refractivity contribution is -0.128. The van der Waals surface area contributed by atoms with Crippen LogP contribution in [0.15, 0.2) is 58.9 Å². The molecule has 6 nitrogen and oxygen atoms in total. The number of benzene rings is 2. The zero-order chi connectivity index (χ0) is 21.8. The summed E-state index contributed by atoms with van der Waals surface area (Å²) >= 11 is 4.60. The Bertz CT molecular complexity index is 1050. The van der Waals surface area contributed by atoms with Crippen LogP contribution in [-0.2, 0) is 11.3 Å². The molecular formula is C22H22N4O2S3. The van der Waals surface area contributed by atoms with Gasteiger partial charge in [0.25, 0.3) is 5.91 Å². The van der Waals surface area contributed by atoms with Crippen LogP contribution in [-0.4, -0.2) is 37.9 Å². The van der Waals surface area contributed by atoms with Crippen molar-refractivity contribution in [2.75, 3.05) is 11.1 Å². The van der Waals surface area contributed by atoms with Gasteiger partial charge in [0.15, 0.2) is 4.34 Å². The second-order valence-corrected chi connectivity index (χ2v) is 11.2. The summed E-state index contributed by atoms with van der Waals surface area (Å²) in [5.41, 5.74) is 2.65. The third-order valence-electron chi connectivity index (χ3n) is 4.59. The molecule has 2 aromatic carbocycles. The molecule has 1 aliphatic rings. The van der Waals surface area contributed by atoms with Crippen LogP contribution in [0.25, 0.3) is 0 Å². The summed E-state index contributed by atoms with van der Waals surface area (Å²) in [4.78, 5) is 26.9. The van der Waals surface area contributed by atoms with Gasteiger partial charge in [0.05, 0.1) is 5.75 Å². The van der Waals surface area contributed by atoms with Gasteiger partial charge in [-0.15, -0.1) is 22.0 Å². The third-order valence-corrected chi connectivity index (χ3v) is 7.77. The van der Waals surface area contributed by atoms with Gasteiger partial charge in [-0.05, 0) is 23.3 Å². The number of nitrogens with zero attached hydrogens (tertiary/aromatic N) is 3. The van der Waals surface area contributed by atoms with Crippen molar-refractivity contribution in [1.29, 1.82) is 0 Å². The van der Waals surface area contributed by atoms with Crippen molar-refractivity contribution in [2.24, 2.45) is 0 Å². The van der Waals surface area contributed by atoms with Gasteiger partial charge in [-0.25, -0.2) is 0 Å². The van der Waals surface area contributed by atoms with Crippen LogP contribution >= 0.6 is 34.9 Å². The van der Waals surface area contributed by atoms with Crippen LogP contribution in [0.2, 0.25) is 0 Å². The number of hydrogen-bond donors (Lipinski definition) is 1. The van der Waals surface area contributed by atoms with Gasteiger partial charge in [0.1, 0.15) is 5.37 Å². The summed E-state index contributed by atoms with van der Waals surface area (Å²) < 4.78 is 0.835. The van der Waals surface area contributed by atoms with E-state index in [1.807, 2.05) is 47.4 Å². The Morgan fingerprint density at radius 3 is 2.61 bits per heavy atom. The molecule has 1 aromatic heterocycles. The molecule has 0 spiro atoms. The molecule has 9 heteroatoms. The second-order valence-electron chi connectivity index (χ2n) is 7.29. The Balaban J connectivity index is 1.42. The summed E-state index contributed by atoms with van der Waals surface area (Å²) in [5.74, 6) is 0.375. The SMILES string of the molecule is CC(C)Sc1nnc(NC(=O)c2ccc([C@H]3SCC(=O)N3Cc3ccccc3)cc2)s1. The average Bonchev–Trinajstić information content (AvgIpc) is 3.35. The Labute approximate surface area is 193 Å². The van der Waals surface area contributed by atoms with Crippen molar-refractivity contribution >= 4 is 51.8 Å². The van der Waals surface area contributed by atoms with E-state index in [0.29, 0.717) is 28.2 Å². The Kier molecular flexibility index (Phi) is 6.94. The van der Waals surface area contributed by atoms with Gasteiger partial charge < -0.3 is 4.90 Å². The van der Waals surface area contributed by atoms with Gasteiger partial charge in [0, 0.05) is 17.4 Å². The van der Waals surface area contributed by atoms with E-state index in [-0.39, 0.29) is 17.2 Å². The van der Waals surface area contributed by atoms with Crippen molar-refractivity contribution in [3.05, 3.63) is 71.3 Å². The van der Waals surface area contributed by atoms with Crippen molar-refractivity contribution < 1.29 is 9.59 Å². The fourth-order valence-electron chi connectivity index (χ4n) is 3.16. The van der Waals surface area contributed by atoms with Crippen molar-refractivity contribution in [2.45, 2.75) is 35.4 Å². The highest BCUT2D eigenvalue weighted by atomic mass is 32.2. The smallest absolute Gasteiger partial charge is 0.257 e. The second kappa shape index (κ2) is 9.84. The molecule has 31 heavy (non-hydrogen) atoms. The summed E-state index contributed by atoms with van der Waals surface area (Å²) in [6, 6.07) is 17.4. The maximum atomic E-state index is 12.6. The highest BCUT2D eigenvalue weighted by Gasteiger charge is 2.32. The minimum Gasteiger partial charge on any atom is -0.322 e. The van der Waals surface area contributed by atoms with Gasteiger partial charge in [0.2, 0.25) is 11.0 Å². The van der Waals surface area contributed by atoms with Gasteiger partial charge in [-0.1, -0.05) is 79.4 Å². The molecule has 0 bridgehead atoms. The maximum absolute atomic E-state index is 12.6. The molecule has 1 atom stereocenters. The summed E-state index contributed by atoms with van der Waals surface area (Å²) in [6.45, 7) is 4.75. The fraction of sp³-hybridized carbons (Fsp3) is 0.273. The van der Waals surface area contributed by atoms with Crippen LogP contribution in [0.3, 0.4) is 0 Å². The van der Waals surface area contributed by atoms with Crippen molar-refractivity contribution in [1.82, 2.24) is 15.1 Å². The Morgan fingerprint density at radius 2 is 1.90 bits per heavy atom. The molecule has 1 saturated heterocycles. The number of carbonyl (C=O) groups is 2. The molecule has 2 amide bonds. The molecule has 1 aliphatic heterocycles. The molecule has 0 aliphatic carbocycles. The molecule has 0 unspecified atom stereocenters. The lowest BCUT2D eigenvalue weighted by Gasteiger charge is -2.24. The van der Waals surface area contributed by atoms with E-state index in [9.17, 15) is 9.59 Å². The van der Waals surface area contributed by atoms with E-state index in [1.54, 1.807) is 35.7 Å². The number of anilines is 1. The van der Waals surface area contributed by atoms with E-state index in [1.165, 1.54) is 11.3 Å². The average molecular weight is 471 g/mol.